The number of aliphatic carboxylic acids is 1. The summed E-state index contributed by atoms with van der Waals surface area (Å²) >= 11 is 0. The van der Waals surface area contributed by atoms with Crippen LogP contribution in [0.25, 0.3) is 5.78 Å². The molecule has 0 saturated carbocycles. The van der Waals surface area contributed by atoms with E-state index in [4.69, 9.17) is 10.8 Å². The molecule has 0 saturated heterocycles. The molecule has 0 fully saturated rings. The average Bonchev–Trinajstić information content (AvgIpc) is 3.01. The second-order valence-corrected chi connectivity index (χ2v) is 5.84. The maximum absolute atomic E-state index is 10.7. The Labute approximate surface area is 144 Å². The van der Waals surface area contributed by atoms with Crippen LogP contribution in [-0.2, 0) is 11.2 Å². The molecule has 0 unspecified atom stereocenters. The van der Waals surface area contributed by atoms with E-state index >= 15 is 0 Å². The third kappa shape index (κ3) is 3.85. The van der Waals surface area contributed by atoms with Crippen LogP contribution in [0.1, 0.15) is 29.7 Å². The van der Waals surface area contributed by atoms with Gasteiger partial charge in [0.05, 0.1) is 0 Å². The van der Waals surface area contributed by atoms with Crippen LogP contribution in [0.2, 0.25) is 0 Å². The Kier molecular flexibility index (Phi) is 4.78. The molecule has 1 aromatic carbocycles. The first kappa shape index (κ1) is 16.7. The van der Waals surface area contributed by atoms with Crippen molar-refractivity contribution in [3.8, 4) is 0 Å². The number of aryl methyl sites for hydroxylation is 1. The number of nitrogens with zero attached hydrogens (tertiary/aromatic N) is 4. The molecule has 0 amide bonds. The van der Waals surface area contributed by atoms with Gasteiger partial charge in [-0.25, -0.2) is 4.98 Å². The lowest BCUT2D eigenvalue weighted by Crippen LogP contribution is -2.14. The van der Waals surface area contributed by atoms with Gasteiger partial charge in [-0.3, -0.25) is 4.79 Å². The zero-order valence-electron chi connectivity index (χ0n) is 13.9. The lowest BCUT2D eigenvalue weighted by Gasteiger charge is -2.15. The number of carboxylic acid groups (broad SMARTS) is 1. The maximum atomic E-state index is 10.7. The summed E-state index contributed by atoms with van der Waals surface area (Å²) in [5.74, 6) is 0.487. The highest BCUT2D eigenvalue weighted by Crippen LogP contribution is 2.23. The van der Waals surface area contributed by atoms with E-state index in [9.17, 15) is 4.79 Å². The molecule has 0 spiro atoms. The summed E-state index contributed by atoms with van der Waals surface area (Å²) in [7, 11) is 0. The topological polar surface area (TPSA) is 118 Å². The Hall–Kier alpha value is -3.16. The number of carboxylic acids is 1. The fourth-order valence-corrected chi connectivity index (χ4v) is 2.73. The van der Waals surface area contributed by atoms with Crippen LogP contribution in [0.5, 0.6) is 0 Å². The smallest absolute Gasteiger partial charge is 0.303 e. The molecule has 0 radical (unpaired) electrons. The van der Waals surface area contributed by atoms with E-state index in [-0.39, 0.29) is 6.42 Å². The lowest BCUT2D eigenvalue weighted by atomic mass is 10.0. The number of hydrogen-bond acceptors (Lipinski definition) is 6. The van der Waals surface area contributed by atoms with Gasteiger partial charge in [0.25, 0.3) is 5.78 Å². The van der Waals surface area contributed by atoms with Crippen molar-refractivity contribution in [3.63, 3.8) is 0 Å². The second-order valence-electron chi connectivity index (χ2n) is 5.84. The number of nitrogen functional groups attached to an aromatic ring is 1. The first-order valence-corrected chi connectivity index (χ1v) is 8.04. The van der Waals surface area contributed by atoms with Gasteiger partial charge in [0.1, 0.15) is 12.1 Å². The van der Waals surface area contributed by atoms with Crippen molar-refractivity contribution in [1.82, 2.24) is 19.6 Å². The highest BCUT2D eigenvalue weighted by molar-refractivity contribution is 5.66. The highest BCUT2D eigenvalue weighted by atomic mass is 16.4. The molecule has 0 bridgehead atoms. The Morgan fingerprint density at radius 2 is 2.24 bits per heavy atom. The van der Waals surface area contributed by atoms with Gasteiger partial charge in [0.2, 0.25) is 0 Å². The van der Waals surface area contributed by atoms with Crippen molar-refractivity contribution in [2.75, 3.05) is 17.6 Å². The molecule has 0 aliphatic rings. The van der Waals surface area contributed by atoms with Gasteiger partial charge in [-0.15, -0.1) is 0 Å². The second kappa shape index (κ2) is 7.16. The van der Waals surface area contributed by atoms with Crippen molar-refractivity contribution in [2.45, 2.75) is 26.2 Å². The standard InChI is InChI=1S/C17H20N6O2/c1-11-14(9-12-4-2-5-13(18)8-12)16(19-7-3-6-15(24)25)23-17(22-11)20-10-21-23/h2,4-5,8,10,19H,3,6-7,9,18H2,1H3,(H,24,25). The van der Waals surface area contributed by atoms with Gasteiger partial charge < -0.3 is 16.2 Å². The van der Waals surface area contributed by atoms with Crippen LogP contribution < -0.4 is 11.1 Å². The maximum Gasteiger partial charge on any atom is 0.303 e. The molecule has 3 aromatic rings. The van der Waals surface area contributed by atoms with Gasteiger partial charge in [-0.1, -0.05) is 12.1 Å². The van der Waals surface area contributed by atoms with E-state index in [1.165, 1.54) is 6.33 Å². The number of carbonyl (C=O) groups is 1. The molecule has 2 aromatic heterocycles. The SMILES string of the molecule is Cc1nc2ncnn2c(NCCCC(=O)O)c1Cc1cccc(N)c1. The van der Waals surface area contributed by atoms with Gasteiger partial charge in [-0.05, 0) is 31.0 Å². The molecule has 130 valence electrons. The summed E-state index contributed by atoms with van der Waals surface area (Å²) in [5, 5.41) is 16.3. The number of anilines is 2. The fourth-order valence-electron chi connectivity index (χ4n) is 2.73. The summed E-state index contributed by atoms with van der Waals surface area (Å²) in [4.78, 5) is 19.3. The Bertz CT molecular complexity index is 905. The molecular formula is C17H20N6O2. The minimum absolute atomic E-state index is 0.113. The van der Waals surface area contributed by atoms with Crippen molar-refractivity contribution in [1.29, 1.82) is 0 Å². The minimum atomic E-state index is -0.807. The molecule has 3 rings (SSSR count). The van der Waals surface area contributed by atoms with Crippen LogP contribution in [0.4, 0.5) is 11.5 Å². The number of nitrogens with one attached hydrogen (secondary N) is 1. The van der Waals surface area contributed by atoms with E-state index in [1.54, 1.807) is 4.52 Å². The number of fused-ring (bicyclic) bond motifs is 1. The van der Waals surface area contributed by atoms with Crippen LogP contribution in [0.15, 0.2) is 30.6 Å². The van der Waals surface area contributed by atoms with Gasteiger partial charge in [-0.2, -0.15) is 14.6 Å². The molecule has 2 heterocycles. The molecule has 0 atom stereocenters. The first-order valence-electron chi connectivity index (χ1n) is 8.04. The lowest BCUT2D eigenvalue weighted by molar-refractivity contribution is -0.137. The highest BCUT2D eigenvalue weighted by Gasteiger charge is 2.15. The fraction of sp³-hybridized carbons (Fsp3) is 0.294. The Morgan fingerprint density at radius 1 is 1.40 bits per heavy atom. The van der Waals surface area contributed by atoms with Crippen LogP contribution >= 0.6 is 0 Å². The van der Waals surface area contributed by atoms with Crippen molar-refractivity contribution >= 4 is 23.3 Å². The number of rotatable bonds is 7. The van der Waals surface area contributed by atoms with Crippen molar-refractivity contribution in [3.05, 3.63) is 47.4 Å². The van der Waals surface area contributed by atoms with E-state index in [0.717, 1.165) is 22.6 Å². The molecular weight excluding hydrogens is 320 g/mol. The van der Waals surface area contributed by atoms with Crippen LogP contribution in [0.3, 0.4) is 0 Å². The average molecular weight is 340 g/mol. The summed E-state index contributed by atoms with van der Waals surface area (Å²) in [6, 6.07) is 7.70. The van der Waals surface area contributed by atoms with E-state index in [0.29, 0.717) is 30.9 Å². The molecule has 0 aliphatic heterocycles. The first-order chi connectivity index (χ1) is 12.0. The third-order valence-electron chi connectivity index (χ3n) is 3.92. The Morgan fingerprint density at radius 3 is 3.00 bits per heavy atom. The van der Waals surface area contributed by atoms with Gasteiger partial charge >= 0.3 is 5.97 Å². The summed E-state index contributed by atoms with van der Waals surface area (Å²) in [6.45, 7) is 2.45. The number of benzene rings is 1. The molecule has 8 nitrogen and oxygen atoms in total. The van der Waals surface area contributed by atoms with E-state index in [1.807, 2.05) is 31.2 Å². The van der Waals surface area contributed by atoms with Crippen LogP contribution in [0, 0.1) is 6.92 Å². The number of hydrogen-bond donors (Lipinski definition) is 3. The minimum Gasteiger partial charge on any atom is -0.481 e. The molecule has 8 heteroatoms. The summed E-state index contributed by atoms with van der Waals surface area (Å²) in [5.41, 5.74) is 9.49. The van der Waals surface area contributed by atoms with E-state index < -0.39 is 5.97 Å². The zero-order valence-corrected chi connectivity index (χ0v) is 13.9. The van der Waals surface area contributed by atoms with Crippen molar-refractivity contribution in [2.24, 2.45) is 0 Å². The summed E-state index contributed by atoms with van der Waals surface area (Å²) < 4.78 is 1.65. The largest absolute Gasteiger partial charge is 0.481 e. The van der Waals surface area contributed by atoms with Gasteiger partial charge in [0.15, 0.2) is 0 Å². The zero-order chi connectivity index (χ0) is 17.8. The van der Waals surface area contributed by atoms with E-state index in [2.05, 4.69) is 20.4 Å². The number of nitrogens with two attached hydrogens (primary N) is 1. The molecule has 4 N–H and O–H groups in total. The molecule has 25 heavy (non-hydrogen) atoms. The van der Waals surface area contributed by atoms with Crippen molar-refractivity contribution < 1.29 is 9.90 Å². The predicted octanol–water partition coefficient (Wildman–Crippen LogP) is 1.88. The quantitative estimate of drug-likeness (QED) is 0.444. The molecule has 0 aliphatic carbocycles. The van der Waals surface area contributed by atoms with Crippen LogP contribution in [-0.4, -0.2) is 37.2 Å². The Balaban J connectivity index is 1.93. The van der Waals surface area contributed by atoms with Gasteiger partial charge in [0, 0.05) is 36.3 Å². The normalized spacial score (nSPS) is 10.9. The number of aromatic nitrogens is 4. The summed E-state index contributed by atoms with van der Waals surface area (Å²) in [6.07, 6.45) is 2.72. The third-order valence-corrected chi connectivity index (χ3v) is 3.92. The monoisotopic (exact) mass is 340 g/mol. The predicted molar refractivity (Wildman–Crippen MR) is 94.5 cm³/mol.